The largest absolute Gasteiger partial charge is 0.490 e. The van der Waals surface area contributed by atoms with E-state index in [1.54, 1.807) is 32.0 Å². The molecule has 0 saturated heterocycles. The van der Waals surface area contributed by atoms with Gasteiger partial charge in [-0.15, -0.1) is 0 Å². The molecule has 0 fully saturated rings. The van der Waals surface area contributed by atoms with E-state index < -0.39 is 24.5 Å². The molecule has 0 heterocycles. The van der Waals surface area contributed by atoms with Crippen LogP contribution in [0.4, 0.5) is 10.5 Å². The molecule has 8 nitrogen and oxygen atoms in total. The van der Waals surface area contributed by atoms with Gasteiger partial charge in [0.25, 0.3) is 5.91 Å². The molecule has 2 N–H and O–H groups in total. The molecule has 0 spiro atoms. The fourth-order valence-corrected chi connectivity index (χ4v) is 1.87. The molecule has 142 valence electrons. The number of allylic oxidation sites excluding steroid dienone is 1. The molecule has 0 unspecified atom stereocenters. The Morgan fingerprint density at radius 1 is 1.04 bits per heavy atom. The number of benzene rings is 1. The molecule has 0 aliphatic heterocycles. The number of urea groups is 1. The van der Waals surface area contributed by atoms with Crippen LogP contribution < -0.4 is 20.1 Å². The third-order valence-electron chi connectivity index (χ3n) is 2.81. The van der Waals surface area contributed by atoms with Crippen molar-refractivity contribution >= 4 is 23.6 Å². The number of anilines is 1. The van der Waals surface area contributed by atoms with Crippen molar-refractivity contribution in [2.24, 2.45) is 0 Å². The van der Waals surface area contributed by atoms with Crippen LogP contribution in [0.3, 0.4) is 0 Å². The van der Waals surface area contributed by atoms with Crippen molar-refractivity contribution in [3.8, 4) is 11.5 Å². The first kappa shape index (κ1) is 21.0. The smallest absolute Gasteiger partial charge is 0.331 e. The van der Waals surface area contributed by atoms with Crippen molar-refractivity contribution in [1.29, 1.82) is 0 Å². The first-order valence-electron chi connectivity index (χ1n) is 8.17. The molecule has 1 rings (SSSR count). The van der Waals surface area contributed by atoms with Gasteiger partial charge in [0, 0.05) is 17.8 Å². The molecule has 0 bridgehead atoms. The van der Waals surface area contributed by atoms with Gasteiger partial charge in [-0.1, -0.05) is 5.57 Å². The summed E-state index contributed by atoms with van der Waals surface area (Å²) in [5.41, 5.74) is 1.16. The maximum atomic E-state index is 11.9. The molecular formula is C18H24N2O6. The van der Waals surface area contributed by atoms with Crippen LogP contribution >= 0.6 is 0 Å². The lowest BCUT2D eigenvalue weighted by Gasteiger charge is -2.13. The van der Waals surface area contributed by atoms with Crippen LogP contribution in [-0.2, 0) is 14.3 Å². The van der Waals surface area contributed by atoms with Gasteiger partial charge in [-0.2, -0.15) is 0 Å². The molecule has 0 atom stereocenters. The Balaban J connectivity index is 2.59. The van der Waals surface area contributed by atoms with Crippen LogP contribution in [0.1, 0.15) is 27.7 Å². The van der Waals surface area contributed by atoms with Gasteiger partial charge in [-0.05, 0) is 39.8 Å². The van der Waals surface area contributed by atoms with Gasteiger partial charge in [0.15, 0.2) is 18.1 Å². The van der Waals surface area contributed by atoms with E-state index in [0.717, 1.165) is 5.57 Å². The Morgan fingerprint density at radius 3 is 2.31 bits per heavy atom. The highest BCUT2D eigenvalue weighted by Crippen LogP contribution is 2.30. The van der Waals surface area contributed by atoms with Crippen LogP contribution in [0.2, 0.25) is 0 Å². The number of hydrogen-bond acceptors (Lipinski definition) is 6. The second kappa shape index (κ2) is 10.8. The van der Waals surface area contributed by atoms with Gasteiger partial charge in [0.05, 0.1) is 13.2 Å². The maximum absolute atomic E-state index is 11.9. The van der Waals surface area contributed by atoms with Crippen LogP contribution in [-0.4, -0.2) is 37.7 Å². The summed E-state index contributed by atoms with van der Waals surface area (Å²) in [7, 11) is 0. The van der Waals surface area contributed by atoms with E-state index >= 15 is 0 Å². The Kier molecular flexibility index (Phi) is 8.69. The maximum Gasteiger partial charge on any atom is 0.331 e. The number of nitrogens with one attached hydrogen (secondary N) is 2. The highest BCUT2D eigenvalue weighted by molar-refractivity contribution is 6.02. The average Bonchev–Trinajstić information content (AvgIpc) is 2.55. The van der Waals surface area contributed by atoms with Crippen molar-refractivity contribution in [2.45, 2.75) is 27.7 Å². The highest BCUT2D eigenvalue weighted by Gasteiger charge is 2.12. The van der Waals surface area contributed by atoms with Gasteiger partial charge < -0.3 is 19.5 Å². The van der Waals surface area contributed by atoms with E-state index in [0.29, 0.717) is 30.4 Å². The van der Waals surface area contributed by atoms with E-state index in [1.807, 2.05) is 13.8 Å². The van der Waals surface area contributed by atoms with Gasteiger partial charge in [0.1, 0.15) is 0 Å². The molecule has 1 aromatic carbocycles. The zero-order chi connectivity index (χ0) is 19.5. The van der Waals surface area contributed by atoms with Crippen LogP contribution in [0.25, 0.3) is 0 Å². The molecule has 0 aliphatic rings. The molecule has 3 amide bonds. The number of ether oxygens (including phenoxy) is 3. The predicted octanol–water partition coefficient (Wildman–Crippen LogP) is 2.64. The van der Waals surface area contributed by atoms with E-state index in [2.05, 4.69) is 10.6 Å². The lowest BCUT2D eigenvalue weighted by atomic mass is 10.2. The molecule has 0 saturated carbocycles. The van der Waals surface area contributed by atoms with Crippen molar-refractivity contribution in [1.82, 2.24) is 5.32 Å². The zero-order valence-electron chi connectivity index (χ0n) is 15.4. The number of hydrogen-bond donors (Lipinski definition) is 2. The Labute approximate surface area is 152 Å². The summed E-state index contributed by atoms with van der Waals surface area (Å²) < 4.78 is 15.6. The monoisotopic (exact) mass is 364 g/mol. The standard InChI is InChI=1S/C18H24N2O6/c1-5-24-14-8-7-13(10-15(14)25-6-2)19-18(23)20-16(21)11-26-17(22)9-12(3)4/h7-10H,5-6,11H2,1-4H3,(H2,19,20,21,23). The van der Waals surface area contributed by atoms with Crippen molar-refractivity contribution in [3.05, 3.63) is 29.8 Å². The Hall–Kier alpha value is -3.03. The molecule has 0 aliphatic carbocycles. The fourth-order valence-electron chi connectivity index (χ4n) is 1.87. The quantitative estimate of drug-likeness (QED) is 0.543. The third kappa shape index (κ3) is 7.69. The average molecular weight is 364 g/mol. The minimum Gasteiger partial charge on any atom is -0.490 e. The topological polar surface area (TPSA) is 103 Å². The lowest BCUT2D eigenvalue weighted by Crippen LogP contribution is -2.37. The minimum atomic E-state index is -0.750. The number of rotatable bonds is 8. The summed E-state index contributed by atoms with van der Waals surface area (Å²) in [6.07, 6.45) is 1.25. The molecule has 1 aromatic rings. The normalized spacial score (nSPS) is 9.69. The predicted molar refractivity (Wildman–Crippen MR) is 96.3 cm³/mol. The summed E-state index contributed by atoms with van der Waals surface area (Å²) in [6.45, 7) is 7.50. The van der Waals surface area contributed by atoms with E-state index in [-0.39, 0.29) is 0 Å². The number of carbonyl (C=O) groups is 3. The summed E-state index contributed by atoms with van der Waals surface area (Å²) in [4.78, 5) is 34.8. The highest BCUT2D eigenvalue weighted by atomic mass is 16.5. The molecule has 8 heteroatoms. The summed E-state index contributed by atoms with van der Waals surface area (Å²) in [5.74, 6) is -0.348. The molecule has 0 aromatic heterocycles. The number of esters is 1. The number of carbonyl (C=O) groups excluding carboxylic acids is 3. The van der Waals surface area contributed by atoms with E-state index in [4.69, 9.17) is 14.2 Å². The molecule has 0 radical (unpaired) electrons. The Bertz CT molecular complexity index is 680. The van der Waals surface area contributed by atoms with Gasteiger partial charge in [0.2, 0.25) is 0 Å². The van der Waals surface area contributed by atoms with Crippen LogP contribution in [0, 0.1) is 0 Å². The van der Waals surface area contributed by atoms with Crippen LogP contribution in [0.5, 0.6) is 11.5 Å². The first-order chi connectivity index (χ1) is 12.3. The first-order valence-corrected chi connectivity index (χ1v) is 8.17. The second-order valence-corrected chi connectivity index (χ2v) is 5.36. The zero-order valence-corrected chi connectivity index (χ0v) is 15.4. The second-order valence-electron chi connectivity index (χ2n) is 5.36. The lowest BCUT2D eigenvalue weighted by molar-refractivity contribution is -0.143. The fraction of sp³-hybridized carbons (Fsp3) is 0.389. The summed E-state index contributed by atoms with van der Waals surface area (Å²) in [6, 6.07) is 4.12. The third-order valence-corrected chi connectivity index (χ3v) is 2.81. The number of amides is 3. The van der Waals surface area contributed by atoms with E-state index in [9.17, 15) is 14.4 Å². The minimum absolute atomic E-state index is 0.420. The molecular weight excluding hydrogens is 340 g/mol. The summed E-state index contributed by atoms with van der Waals surface area (Å²) >= 11 is 0. The van der Waals surface area contributed by atoms with Crippen molar-refractivity contribution in [2.75, 3.05) is 25.1 Å². The van der Waals surface area contributed by atoms with Crippen LogP contribution in [0.15, 0.2) is 29.8 Å². The van der Waals surface area contributed by atoms with E-state index in [1.165, 1.54) is 6.08 Å². The number of imide groups is 1. The van der Waals surface area contributed by atoms with Gasteiger partial charge >= 0.3 is 12.0 Å². The van der Waals surface area contributed by atoms with Crippen molar-refractivity contribution in [3.63, 3.8) is 0 Å². The SMILES string of the molecule is CCOc1ccc(NC(=O)NC(=O)COC(=O)C=C(C)C)cc1OCC. The van der Waals surface area contributed by atoms with Crippen molar-refractivity contribution < 1.29 is 28.6 Å². The Morgan fingerprint density at radius 2 is 1.69 bits per heavy atom. The molecule has 26 heavy (non-hydrogen) atoms. The summed E-state index contributed by atoms with van der Waals surface area (Å²) in [5, 5.41) is 4.57. The van der Waals surface area contributed by atoms with Gasteiger partial charge in [-0.25, -0.2) is 9.59 Å². The van der Waals surface area contributed by atoms with Gasteiger partial charge in [-0.3, -0.25) is 10.1 Å².